The first-order valence-electron chi connectivity index (χ1n) is 4.65. The highest BCUT2D eigenvalue weighted by molar-refractivity contribution is 5.97. The first-order chi connectivity index (χ1) is 6.65. The zero-order valence-corrected chi connectivity index (χ0v) is 9.66. The molecule has 0 radical (unpaired) electrons. The van der Waals surface area contributed by atoms with Crippen molar-refractivity contribution >= 4 is 18.2 Å². The van der Waals surface area contributed by atoms with E-state index in [-0.39, 0.29) is 24.0 Å². The minimum atomic E-state index is -0.273. The van der Waals surface area contributed by atoms with Crippen molar-refractivity contribution < 1.29 is 9.18 Å². The number of carbonyl (C=O) groups is 1. The van der Waals surface area contributed by atoms with E-state index in [1.165, 1.54) is 12.1 Å². The summed E-state index contributed by atoms with van der Waals surface area (Å²) in [6.45, 7) is 4.65. The molecule has 84 valence electrons. The van der Waals surface area contributed by atoms with Gasteiger partial charge in [-0.3, -0.25) is 4.79 Å². The zero-order valence-electron chi connectivity index (χ0n) is 8.84. The fourth-order valence-corrected chi connectivity index (χ4v) is 1.16. The van der Waals surface area contributed by atoms with Crippen LogP contribution in [0.4, 0.5) is 4.39 Å². The fourth-order valence-electron chi connectivity index (χ4n) is 1.16. The van der Waals surface area contributed by atoms with Crippen LogP contribution in [0, 0.1) is 12.7 Å². The van der Waals surface area contributed by atoms with Crippen LogP contribution in [0.1, 0.15) is 22.8 Å². The molecular formula is C11H15ClFNO. The summed E-state index contributed by atoms with van der Waals surface area (Å²) < 4.78 is 12.9. The highest BCUT2D eigenvalue weighted by Crippen LogP contribution is 2.09. The predicted molar refractivity (Wildman–Crippen MR) is 61.3 cm³/mol. The number of nitrogens with one attached hydrogen (secondary N) is 1. The maximum absolute atomic E-state index is 12.9. The van der Waals surface area contributed by atoms with Crippen LogP contribution >= 0.6 is 12.4 Å². The van der Waals surface area contributed by atoms with Gasteiger partial charge in [0.2, 0.25) is 0 Å². The molecule has 0 amide bonds. The molecule has 0 aliphatic carbocycles. The Morgan fingerprint density at radius 2 is 2.13 bits per heavy atom. The van der Waals surface area contributed by atoms with Crippen LogP contribution in [0.15, 0.2) is 18.2 Å². The molecule has 0 heterocycles. The van der Waals surface area contributed by atoms with Crippen LogP contribution < -0.4 is 5.32 Å². The lowest BCUT2D eigenvalue weighted by Gasteiger charge is -2.03. The Bertz CT molecular complexity index is 341. The number of Topliss-reactive ketones (excluding diaryl/α,β-unsaturated/α-hetero) is 1. The summed E-state index contributed by atoms with van der Waals surface area (Å²) in [5.41, 5.74) is 1.07. The van der Waals surface area contributed by atoms with Crippen molar-refractivity contribution in [3.8, 4) is 0 Å². The SMILES string of the molecule is CCNCC(=O)c1ccc(F)c(C)c1.Cl. The summed E-state index contributed by atoms with van der Waals surface area (Å²) in [7, 11) is 0. The molecule has 0 unspecified atom stereocenters. The maximum atomic E-state index is 12.9. The van der Waals surface area contributed by atoms with Gasteiger partial charge < -0.3 is 5.32 Å². The van der Waals surface area contributed by atoms with E-state index in [9.17, 15) is 9.18 Å². The van der Waals surface area contributed by atoms with Gasteiger partial charge in [-0.2, -0.15) is 0 Å². The molecule has 0 atom stereocenters. The monoisotopic (exact) mass is 231 g/mol. The summed E-state index contributed by atoms with van der Waals surface area (Å²) in [6, 6.07) is 4.42. The second-order valence-electron chi connectivity index (χ2n) is 3.17. The molecule has 2 nitrogen and oxygen atoms in total. The average Bonchev–Trinajstić information content (AvgIpc) is 2.18. The number of halogens is 2. The number of likely N-dealkylation sites (N-methyl/N-ethyl adjacent to an activating group) is 1. The molecule has 0 saturated carbocycles. The van der Waals surface area contributed by atoms with Crippen LogP contribution in [0.3, 0.4) is 0 Å². The van der Waals surface area contributed by atoms with E-state index in [0.717, 1.165) is 6.54 Å². The maximum Gasteiger partial charge on any atom is 0.176 e. The standard InChI is InChI=1S/C11H14FNO.ClH/c1-3-13-7-11(14)9-4-5-10(12)8(2)6-9;/h4-6,13H,3,7H2,1-2H3;1H. The van der Waals surface area contributed by atoms with Gasteiger partial charge in [-0.1, -0.05) is 6.92 Å². The lowest BCUT2D eigenvalue weighted by molar-refractivity contribution is 0.0991. The lowest BCUT2D eigenvalue weighted by Crippen LogP contribution is -2.22. The molecule has 0 aliphatic heterocycles. The molecular weight excluding hydrogens is 217 g/mol. The summed E-state index contributed by atoms with van der Waals surface area (Å²) in [6.07, 6.45) is 0. The summed E-state index contributed by atoms with van der Waals surface area (Å²) in [5, 5.41) is 2.94. The molecule has 0 spiro atoms. The van der Waals surface area contributed by atoms with Crippen LogP contribution in [0.25, 0.3) is 0 Å². The average molecular weight is 232 g/mol. The van der Waals surface area contributed by atoms with E-state index in [0.29, 0.717) is 17.7 Å². The van der Waals surface area contributed by atoms with Gasteiger partial charge >= 0.3 is 0 Å². The quantitative estimate of drug-likeness (QED) is 0.806. The van der Waals surface area contributed by atoms with Crippen molar-refractivity contribution in [3.05, 3.63) is 35.1 Å². The van der Waals surface area contributed by atoms with Gasteiger partial charge in [0.15, 0.2) is 5.78 Å². The largest absolute Gasteiger partial charge is 0.310 e. The van der Waals surface area contributed by atoms with Gasteiger partial charge in [-0.25, -0.2) is 4.39 Å². The van der Waals surface area contributed by atoms with Crippen molar-refractivity contribution in [1.82, 2.24) is 5.32 Å². The molecule has 4 heteroatoms. The summed E-state index contributed by atoms with van der Waals surface area (Å²) in [4.78, 5) is 11.5. The first kappa shape index (κ1) is 14.1. The number of aryl methyl sites for hydroxylation is 1. The molecule has 1 aromatic rings. The Morgan fingerprint density at radius 1 is 1.47 bits per heavy atom. The second kappa shape index (κ2) is 6.53. The highest BCUT2D eigenvalue weighted by atomic mass is 35.5. The van der Waals surface area contributed by atoms with E-state index < -0.39 is 0 Å². The normalized spacial score (nSPS) is 9.53. The molecule has 0 fully saturated rings. The highest BCUT2D eigenvalue weighted by Gasteiger charge is 2.06. The second-order valence-corrected chi connectivity index (χ2v) is 3.17. The van der Waals surface area contributed by atoms with Crippen LogP contribution in [-0.2, 0) is 0 Å². The van der Waals surface area contributed by atoms with Crippen LogP contribution in [0.2, 0.25) is 0 Å². The van der Waals surface area contributed by atoms with Gasteiger partial charge in [0, 0.05) is 5.56 Å². The van der Waals surface area contributed by atoms with Gasteiger partial charge in [-0.15, -0.1) is 12.4 Å². The van der Waals surface area contributed by atoms with Gasteiger partial charge in [0.25, 0.3) is 0 Å². The smallest absolute Gasteiger partial charge is 0.176 e. The van der Waals surface area contributed by atoms with Crippen molar-refractivity contribution in [3.63, 3.8) is 0 Å². The van der Waals surface area contributed by atoms with Gasteiger partial charge in [0.05, 0.1) is 6.54 Å². The Labute approximate surface area is 95.3 Å². The molecule has 0 aliphatic rings. The minimum absolute atomic E-state index is 0. The Balaban J connectivity index is 0.00000196. The predicted octanol–water partition coefficient (Wildman–Crippen LogP) is 2.35. The molecule has 0 aromatic heterocycles. The van der Waals surface area contributed by atoms with Crippen molar-refractivity contribution in [2.24, 2.45) is 0 Å². The van der Waals surface area contributed by atoms with Gasteiger partial charge in [0.1, 0.15) is 5.82 Å². The molecule has 1 N–H and O–H groups in total. The van der Waals surface area contributed by atoms with E-state index in [1.54, 1.807) is 13.0 Å². The van der Waals surface area contributed by atoms with Crippen molar-refractivity contribution in [2.45, 2.75) is 13.8 Å². The number of rotatable bonds is 4. The number of ketones is 1. The molecule has 1 rings (SSSR count). The van der Waals surface area contributed by atoms with Crippen molar-refractivity contribution in [2.75, 3.05) is 13.1 Å². The van der Waals surface area contributed by atoms with E-state index in [4.69, 9.17) is 0 Å². The Hall–Kier alpha value is -0.930. The molecule has 1 aromatic carbocycles. The third-order valence-electron chi connectivity index (χ3n) is 2.02. The van der Waals surface area contributed by atoms with Crippen molar-refractivity contribution in [1.29, 1.82) is 0 Å². The summed E-state index contributed by atoms with van der Waals surface area (Å²) in [5.74, 6) is -0.278. The van der Waals surface area contributed by atoms with E-state index in [2.05, 4.69) is 5.32 Å². The Kier molecular flexibility index (Phi) is 6.13. The van der Waals surface area contributed by atoms with Crippen LogP contribution in [0.5, 0.6) is 0 Å². The molecule has 0 saturated heterocycles. The van der Waals surface area contributed by atoms with E-state index in [1.807, 2.05) is 6.92 Å². The third kappa shape index (κ3) is 3.98. The Morgan fingerprint density at radius 3 is 2.67 bits per heavy atom. The number of hydrogen-bond donors (Lipinski definition) is 1. The minimum Gasteiger partial charge on any atom is -0.310 e. The molecule has 15 heavy (non-hydrogen) atoms. The zero-order chi connectivity index (χ0) is 10.6. The van der Waals surface area contributed by atoms with E-state index >= 15 is 0 Å². The topological polar surface area (TPSA) is 29.1 Å². The first-order valence-corrected chi connectivity index (χ1v) is 4.65. The third-order valence-corrected chi connectivity index (χ3v) is 2.02. The lowest BCUT2D eigenvalue weighted by atomic mass is 10.1. The number of hydrogen-bond acceptors (Lipinski definition) is 2. The van der Waals surface area contributed by atoms with Crippen LogP contribution in [-0.4, -0.2) is 18.9 Å². The summed E-state index contributed by atoms with van der Waals surface area (Å²) >= 11 is 0. The molecule has 0 bridgehead atoms. The fraction of sp³-hybridized carbons (Fsp3) is 0.364. The number of benzene rings is 1. The number of carbonyl (C=O) groups excluding carboxylic acids is 1. The van der Waals surface area contributed by atoms with Gasteiger partial charge in [-0.05, 0) is 37.2 Å².